The van der Waals surface area contributed by atoms with Gasteiger partial charge in [-0.3, -0.25) is 0 Å². The molecule has 0 fully saturated rings. The summed E-state index contributed by atoms with van der Waals surface area (Å²) >= 11 is 5.75. The van der Waals surface area contributed by atoms with Crippen molar-refractivity contribution in [3.8, 4) is 0 Å². The Kier molecular flexibility index (Phi) is 4.11. The summed E-state index contributed by atoms with van der Waals surface area (Å²) in [7, 11) is 0. The standard InChI is InChI=1S/C11H13ClFN/c1-2-3-4-11(14)9-7-8(12)5-6-10(9)13/h2,5-7,11H,1,3-4,14H2/t11-/m1/s1. The molecule has 0 heterocycles. The molecular weight excluding hydrogens is 201 g/mol. The van der Waals surface area contributed by atoms with Crippen LogP contribution in [0.15, 0.2) is 30.9 Å². The molecule has 1 atom stereocenters. The lowest BCUT2D eigenvalue weighted by atomic mass is 10.0. The van der Waals surface area contributed by atoms with Crippen molar-refractivity contribution in [2.45, 2.75) is 18.9 Å². The predicted octanol–water partition coefficient (Wildman–Crippen LogP) is 3.45. The minimum Gasteiger partial charge on any atom is -0.324 e. The van der Waals surface area contributed by atoms with Crippen LogP contribution < -0.4 is 5.73 Å². The van der Waals surface area contributed by atoms with Gasteiger partial charge in [0.25, 0.3) is 0 Å². The third-order valence-electron chi connectivity index (χ3n) is 2.04. The summed E-state index contributed by atoms with van der Waals surface area (Å²) in [6.45, 7) is 3.59. The van der Waals surface area contributed by atoms with Gasteiger partial charge in [-0.1, -0.05) is 17.7 Å². The fraction of sp³-hybridized carbons (Fsp3) is 0.273. The van der Waals surface area contributed by atoms with Crippen LogP contribution in [0.2, 0.25) is 5.02 Å². The van der Waals surface area contributed by atoms with E-state index in [1.54, 1.807) is 12.1 Å². The summed E-state index contributed by atoms with van der Waals surface area (Å²) in [5, 5.41) is 0.510. The van der Waals surface area contributed by atoms with Gasteiger partial charge in [0.1, 0.15) is 5.82 Å². The maximum atomic E-state index is 13.3. The van der Waals surface area contributed by atoms with Crippen molar-refractivity contribution in [2.75, 3.05) is 0 Å². The summed E-state index contributed by atoms with van der Waals surface area (Å²) < 4.78 is 13.3. The van der Waals surface area contributed by atoms with Crippen molar-refractivity contribution < 1.29 is 4.39 Å². The Balaban J connectivity index is 2.82. The largest absolute Gasteiger partial charge is 0.324 e. The average molecular weight is 214 g/mol. The van der Waals surface area contributed by atoms with Crippen LogP contribution in [0.5, 0.6) is 0 Å². The van der Waals surface area contributed by atoms with Gasteiger partial charge in [0.05, 0.1) is 0 Å². The Hall–Kier alpha value is -0.860. The van der Waals surface area contributed by atoms with Gasteiger partial charge in [0.2, 0.25) is 0 Å². The number of hydrogen-bond acceptors (Lipinski definition) is 1. The van der Waals surface area contributed by atoms with Gasteiger partial charge < -0.3 is 5.73 Å². The van der Waals surface area contributed by atoms with Crippen LogP contribution in [-0.2, 0) is 0 Å². The second-order valence-corrected chi connectivity index (χ2v) is 3.57. The van der Waals surface area contributed by atoms with Crippen LogP contribution in [0.25, 0.3) is 0 Å². The Bertz CT molecular complexity index is 325. The van der Waals surface area contributed by atoms with E-state index in [-0.39, 0.29) is 11.9 Å². The van der Waals surface area contributed by atoms with Crippen molar-refractivity contribution in [2.24, 2.45) is 5.73 Å². The Morgan fingerprint density at radius 2 is 2.29 bits per heavy atom. The van der Waals surface area contributed by atoms with Gasteiger partial charge in [-0.2, -0.15) is 0 Å². The minimum absolute atomic E-state index is 0.300. The first-order valence-electron chi connectivity index (χ1n) is 4.46. The quantitative estimate of drug-likeness (QED) is 0.762. The number of halogens is 2. The third kappa shape index (κ3) is 2.82. The fourth-order valence-corrected chi connectivity index (χ4v) is 1.43. The van der Waals surface area contributed by atoms with Gasteiger partial charge in [-0.05, 0) is 31.0 Å². The highest BCUT2D eigenvalue weighted by Gasteiger charge is 2.10. The molecule has 0 unspecified atom stereocenters. The smallest absolute Gasteiger partial charge is 0.128 e. The molecule has 0 saturated heterocycles. The summed E-state index contributed by atoms with van der Waals surface area (Å²) in [6.07, 6.45) is 3.22. The van der Waals surface area contributed by atoms with Gasteiger partial charge in [0.15, 0.2) is 0 Å². The predicted molar refractivity (Wildman–Crippen MR) is 57.8 cm³/mol. The maximum Gasteiger partial charge on any atom is 0.128 e. The molecule has 0 saturated carbocycles. The number of nitrogens with two attached hydrogens (primary N) is 1. The second-order valence-electron chi connectivity index (χ2n) is 3.14. The molecule has 3 heteroatoms. The Morgan fingerprint density at radius 1 is 1.57 bits per heavy atom. The number of hydrogen-bond donors (Lipinski definition) is 1. The van der Waals surface area contributed by atoms with E-state index >= 15 is 0 Å². The Morgan fingerprint density at radius 3 is 2.93 bits per heavy atom. The van der Waals surface area contributed by atoms with E-state index in [1.807, 2.05) is 0 Å². The lowest BCUT2D eigenvalue weighted by Crippen LogP contribution is -2.11. The zero-order chi connectivity index (χ0) is 10.6. The van der Waals surface area contributed by atoms with Crippen molar-refractivity contribution >= 4 is 11.6 Å². The average Bonchev–Trinajstić information content (AvgIpc) is 2.18. The molecule has 0 aliphatic rings. The van der Waals surface area contributed by atoms with E-state index < -0.39 is 0 Å². The van der Waals surface area contributed by atoms with Crippen LogP contribution in [-0.4, -0.2) is 0 Å². The van der Waals surface area contributed by atoms with Gasteiger partial charge in [-0.25, -0.2) is 4.39 Å². The molecule has 1 aromatic carbocycles. The highest BCUT2D eigenvalue weighted by Crippen LogP contribution is 2.22. The molecule has 0 radical (unpaired) electrons. The number of rotatable bonds is 4. The summed E-state index contributed by atoms with van der Waals surface area (Å²) in [5.74, 6) is -0.300. The molecule has 0 aromatic heterocycles. The topological polar surface area (TPSA) is 26.0 Å². The Labute approximate surface area is 88.4 Å². The van der Waals surface area contributed by atoms with E-state index in [9.17, 15) is 4.39 Å². The maximum absolute atomic E-state index is 13.3. The monoisotopic (exact) mass is 213 g/mol. The van der Waals surface area contributed by atoms with Crippen LogP contribution in [0.3, 0.4) is 0 Å². The first-order chi connectivity index (χ1) is 6.65. The fourth-order valence-electron chi connectivity index (χ4n) is 1.25. The van der Waals surface area contributed by atoms with Crippen molar-refractivity contribution in [1.29, 1.82) is 0 Å². The number of benzene rings is 1. The van der Waals surface area contributed by atoms with Crippen LogP contribution in [0, 0.1) is 5.82 Å². The van der Waals surface area contributed by atoms with Gasteiger partial charge in [-0.15, -0.1) is 6.58 Å². The van der Waals surface area contributed by atoms with Crippen LogP contribution in [0.4, 0.5) is 4.39 Å². The third-order valence-corrected chi connectivity index (χ3v) is 2.27. The molecule has 0 amide bonds. The molecular formula is C11H13ClFN. The highest BCUT2D eigenvalue weighted by molar-refractivity contribution is 6.30. The van der Waals surface area contributed by atoms with Gasteiger partial charge in [0, 0.05) is 16.6 Å². The molecule has 1 aromatic rings. The lowest BCUT2D eigenvalue weighted by Gasteiger charge is -2.11. The molecule has 0 aliphatic carbocycles. The van der Waals surface area contributed by atoms with E-state index in [2.05, 4.69) is 6.58 Å². The second kappa shape index (κ2) is 5.13. The molecule has 2 N–H and O–H groups in total. The van der Waals surface area contributed by atoms with Crippen molar-refractivity contribution in [1.82, 2.24) is 0 Å². The highest BCUT2D eigenvalue weighted by atomic mass is 35.5. The van der Waals surface area contributed by atoms with Crippen molar-refractivity contribution in [3.63, 3.8) is 0 Å². The molecule has 14 heavy (non-hydrogen) atoms. The molecule has 1 rings (SSSR count). The van der Waals surface area contributed by atoms with Crippen LogP contribution >= 0.6 is 11.6 Å². The van der Waals surface area contributed by atoms with Crippen molar-refractivity contribution in [3.05, 3.63) is 47.3 Å². The van der Waals surface area contributed by atoms with Crippen LogP contribution in [0.1, 0.15) is 24.4 Å². The number of allylic oxidation sites excluding steroid dienone is 1. The normalized spacial score (nSPS) is 12.5. The zero-order valence-electron chi connectivity index (χ0n) is 7.84. The molecule has 0 spiro atoms. The minimum atomic E-state index is -0.313. The SMILES string of the molecule is C=CCC[C@@H](N)c1cc(Cl)ccc1F. The first kappa shape index (κ1) is 11.2. The van der Waals surface area contributed by atoms with E-state index in [4.69, 9.17) is 17.3 Å². The first-order valence-corrected chi connectivity index (χ1v) is 4.84. The van der Waals surface area contributed by atoms with Gasteiger partial charge >= 0.3 is 0 Å². The molecule has 1 nitrogen and oxygen atoms in total. The van der Waals surface area contributed by atoms with E-state index in [0.717, 1.165) is 6.42 Å². The van der Waals surface area contributed by atoms with E-state index in [1.165, 1.54) is 12.1 Å². The zero-order valence-corrected chi connectivity index (χ0v) is 8.60. The molecule has 0 bridgehead atoms. The molecule has 76 valence electrons. The summed E-state index contributed by atoms with van der Waals surface area (Å²) in [5.41, 5.74) is 6.28. The molecule has 0 aliphatic heterocycles. The summed E-state index contributed by atoms with van der Waals surface area (Å²) in [6, 6.07) is 4.11. The summed E-state index contributed by atoms with van der Waals surface area (Å²) in [4.78, 5) is 0. The van der Waals surface area contributed by atoms with E-state index in [0.29, 0.717) is 17.0 Å². The lowest BCUT2D eigenvalue weighted by molar-refractivity contribution is 0.566.